The maximum absolute atomic E-state index is 6.84. The normalized spacial score (nSPS) is 11.6. The predicted molar refractivity (Wildman–Crippen MR) is 229 cm³/mol. The van der Waals surface area contributed by atoms with E-state index in [1.54, 1.807) is 0 Å². The van der Waals surface area contributed by atoms with Gasteiger partial charge in [0.05, 0.1) is 11.4 Å². The molecule has 0 radical (unpaired) electrons. The van der Waals surface area contributed by atoms with Crippen molar-refractivity contribution in [3.63, 3.8) is 0 Å². The van der Waals surface area contributed by atoms with Crippen molar-refractivity contribution in [2.75, 3.05) is 4.90 Å². The van der Waals surface area contributed by atoms with E-state index in [1.165, 1.54) is 11.1 Å². The van der Waals surface area contributed by atoms with Crippen LogP contribution in [-0.4, -0.2) is 0 Å². The molecule has 11 aromatic rings. The van der Waals surface area contributed by atoms with E-state index in [4.69, 9.17) is 8.83 Å². The number of nitrogens with zero attached hydrogens (tertiary/aromatic N) is 1. The van der Waals surface area contributed by atoms with E-state index in [1.807, 2.05) is 12.1 Å². The molecule has 55 heavy (non-hydrogen) atoms. The first-order chi connectivity index (χ1) is 27.3. The third-order valence-corrected chi connectivity index (χ3v) is 10.8. The number of benzene rings is 9. The Morgan fingerprint density at radius 1 is 0.309 bits per heavy atom. The molecule has 258 valence electrons. The summed E-state index contributed by atoms with van der Waals surface area (Å²) in [5, 5.41) is 6.47. The van der Waals surface area contributed by atoms with Crippen LogP contribution < -0.4 is 4.90 Å². The zero-order valence-electron chi connectivity index (χ0n) is 29.8. The van der Waals surface area contributed by atoms with Crippen molar-refractivity contribution in [2.45, 2.75) is 0 Å². The van der Waals surface area contributed by atoms with Gasteiger partial charge in [-0.25, -0.2) is 0 Å². The van der Waals surface area contributed by atoms with E-state index in [2.05, 4.69) is 193 Å². The molecule has 0 aliphatic carbocycles. The first-order valence-electron chi connectivity index (χ1n) is 18.7. The molecule has 0 saturated carbocycles. The number of hydrogen-bond donors (Lipinski definition) is 0. The molecule has 2 aromatic heterocycles. The summed E-state index contributed by atoms with van der Waals surface area (Å²) in [6.45, 7) is 0. The number of para-hydroxylation sites is 2. The fraction of sp³-hybridized carbons (Fsp3) is 0. The molecule has 3 heteroatoms. The van der Waals surface area contributed by atoms with E-state index in [9.17, 15) is 0 Å². The van der Waals surface area contributed by atoms with E-state index in [0.29, 0.717) is 0 Å². The van der Waals surface area contributed by atoms with Crippen molar-refractivity contribution in [1.29, 1.82) is 0 Å². The standard InChI is InChI=1S/C52H33NO2/c1-3-15-34(16-4-1)36-19-11-21-38(31-36)40-26-14-30-49-50(40)45-33-47(41-23-7-8-25-43(41)51(45)55-49)53(39-22-12-20-37(32-39)35-17-5-2-6-18-35)46-28-13-27-44-42-24-9-10-29-48(42)54-52(44)46/h1-33H. The Bertz CT molecular complexity index is 3210. The van der Waals surface area contributed by atoms with Gasteiger partial charge in [0.25, 0.3) is 0 Å². The van der Waals surface area contributed by atoms with Gasteiger partial charge in [0, 0.05) is 38.0 Å². The highest BCUT2D eigenvalue weighted by atomic mass is 16.3. The fourth-order valence-electron chi connectivity index (χ4n) is 8.32. The SMILES string of the molecule is c1ccc(-c2cccc(-c3cccc4oc5c6ccccc6c(N(c6cccc(-c7ccccc7)c6)c6cccc7c6oc6ccccc67)cc5c34)c2)cc1. The molecule has 0 bridgehead atoms. The van der Waals surface area contributed by atoms with Crippen LogP contribution in [0.25, 0.3) is 88.0 Å². The van der Waals surface area contributed by atoms with Gasteiger partial charge in [-0.15, -0.1) is 0 Å². The van der Waals surface area contributed by atoms with Crippen LogP contribution in [0.15, 0.2) is 209 Å². The Morgan fingerprint density at radius 2 is 0.855 bits per heavy atom. The molecule has 0 aliphatic rings. The lowest BCUT2D eigenvalue weighted by Crippen LogP contribution is -2.11. The minimum Gasteiger partial charge on any atom is -0.455 e. The maximum atomic E-state index is 6.84. The lowest BCUT2D eigenvalue weighted by atomic mass is 9.94. The summed E-state index contributed by atoms with van der Waals surface area (Å²) < 4.78 is 13.6. The van der Waals surface area contributed by atoms with Gasteiger partial charge in [-0.3, -0.25) is 0 Å². The second-order valence-electron chi connectivity index (χ2n) is 14.0. The largest absolute Gasteiger partial charge is 0.455 e. The van der Waals surface area contributed by atoms with Gasteiger partial charge in [0.2, 0.25) is 0 Å². The molecular weight excluding hydrogens is 671 g/mol. The van der Waals surface area contributed by atoms with Crippen molar-refractivity contribution in [3.05, 3.63) is 200 Å². The van der Waals surface area contributed by atoms with Gasteiger partial charge < -0.3 is 13.7 Å². The van der Waals surface area contributed by atoms with E-state index < -0.39 is 0 Å². The van der Waals surface area contributed by atoms with Crippen LogP contribution in [0.3, 0.4) is 0 Å². The average molecular weight is 704 g/mol. The highest BCUT2D eigenvalue weighted by Gasteiger charge is 2.24. The van der Waals surface area contributed by atoms with Gasteiger partial charge in [-0.1, -0.05) is 158 Å². The molecule has 11 rings (SSSR count). The van der Waals surface area contributed by atoms with Crippen molar-refractivity contribution in [2.24, 2.45) is 0 Å². The topological polar surface area (TPSA) is 29.5 Å². The van der Waals surface area contributed by atoms with Crippen LogP contribution in [0.2, 0.25) is 0 Å². The molecule has 2 heterocycles. The second-order valence-corrected chi connectivity index (χ2v) is 14.0. The summed E-state index contributed by atoms with van der Waals surface area (Å²) in [5.74, 6) is 0. The number of rotatable bonds is 6. The summed E-state index contributed by atoms with van der Waals surface area (Å²) in [6, 6.07) is 70.8. The van der Waals surface area contributed by atoms with Crippen LogP contribution in [0.1, 0.15) is 0 Å². The Morgan fingerprint density at radius 3 is 1.65 bits per heavy atom. The van der Waals surface area contributed by atoms with Gasteiger partial charge >= 0.3 is 0 Å². The van der Waals surface area contributed by atoms with Crippen LogP contribution in [-0.2, 0) is 0 Å². The lowest BCUT2D eigenvalue weighted by Gasteiger charge is -2.27. The van der Waals surface area contributed by atoms with E-state index in [-0.39, 0.29) is 0 Å². The predicted octanol–water partition coefficient (Wildman–Crippen LogP) is 15.1. The number of furan rings is 2. The van der Waals surface area contributed by atoms with Crippen molar-refractivity contribution in [1.82, 2.24) is 0 Å². The Kier molecular flexibility index (Phi) is 7.17. The fourth-order valence-corrected chi connectivity index (χ4v) is 8.32. The number of hydrogen-bond acceptors (Lipinski definition) is 3. The molecule has 0 saturated heterocycles. The highest BCUT2D eigenvalue weighted by molar-refractivity contribution is 6.23. The van der Waals surface area contributed by atoms with E-state index >= 15 is 0 Å². The third kappa shape index (κ3) is 5.13. The van der Waals surface area contributed by atoms with Gasteiger partial charge in [-0.2, -0.15) is 0 Å². The summed E-state index contributed by atoms with van der Waals surface area (Å²) >= 11 is 0. The minimum atomic E-state index is 0.841. The van der Waals surface area contributed by atoms with Crippen molar-refractivity contribution in [3.8, 4) is 33.4 Å². The summed E-state index contributed by atoms with van der Waals surface area (Å²) in [5.41, 5.74) is 13.4. The first kappa shape index (κ1) is 31.2. The van der Waals surface area contributed by atoms with Crippen LogP contribution in [0.5, 0.6) is 0 Å². The molecule has 3 nitrogen and oxygen atoms in total. The van der Waals surface area contributed by atoms with Gasteiger partial charge in [-0.05, 0) is 75.8 Å². The molecule has 0 atom stereocenters. The smallest absolute Gasteiger partial charge is 0.159 e. The molecule has 0 amide bonds. The Balaban J connectivity index is 1.22. The molecule has 0 aliphatic heterocycles. The molecule has 0 unspecified atom stereocenters. The number of fused-ring (bicyclic) bond motifs is 8. The van der Waals surface area contributed by atoms with Gasteiger partial charge in [0.1, 0.15) is 16.7 Å². The highest BCUT2D eigenvalue weighted by Crippen LogP contribution is 2.49. The summed E-state index contributed by atoms with van der Waals surface area (Å²) in [4.78, 5) is 2.37. The van der Waals surface area contributed by atoms with E-state index in [0.717, 1.165) is 94.0 Å². The molecule has 9 aromatic carbocycles. The summed E-state index contributed by atoms with van der Waals surface area (Å²) in [7, 11) is 0. The first-order valence-corrected chi connectivity index (χ1v) is 18.7. The van der Waals surface area contributed by atoms with Crippen LogP contribution in [0.4, 0.5) is 17.1 Å². The molecule has 0 N–H and O–H groups in total. The zero-order chi connectivity index (χ0) is 36.3. The molecule has 0 spiro atoms. The maximum Gasteiger partial charge on any atom is 0.159 e. The van der Waals surface area contributed by atoms with Crippen molar-refractivity contribution >= 4 is 71.7 Å². The average Bonchev–Trinajstić information content (AvgIpc) is 3.84. The lowest BCUT2D eigenvalue weighted by molar-refractivity contribution is 0.669. The minimum absolute atomic E-state index is 0.841. The van der Waals surface area contributed by atoms with Crippen LogP contribution in [0, 0.1) is 0 Å². The van der Waals surface area contributed by atoms with Crippen LogP contribution >= 0.6 is 0 Å². The second kappa shape index (κ2) is 12.6. The van der Waals surface area contributed by atoms with Gasteiger partial charge in [0.15, 0.2) is 5.58 Å². The van der Waals surface area contributed by atoms with Crippen molar-refractivity contribution < 1.29 is 8.83 Å². The Labute approximate surface area is 317 Å². The zero-order valence-corrected chi connectivity index (χ0v) is 29.8. The summed E-state index contributed by atoms with van der Waals surface area (Å²) in [6.07, 6.45) is 0. The third-order valence-electron chi connectivity index (χ3n) is 10.8. The number of anilines is 3. The Hall–Kier alpha value is -7.36. The molecule has 0 fully saturated rings. The molecular formula is C52H33NO2. The monoisotopic (exact) mass is 703 g/mol. The quantitative estimate of drug-likeness (QED) is 0.173.